The van der Waals surface area contributed by atoms with Crippen molar-refractivity contribution in [3.63, 3.8) is 0 Å². The summed E-state index contributed by atoms with van der Waals surface area (Å²) in [5, 5.41) is 0. The smallest absolute Gasteiger partial charge is 0.150 e. The lowest BCUT2D eigenvalue weighted by Gasteiger charge is -2.08. The van der Waals surface area contributed by atoms with Gasteiger partial charge in [-0.15, -0.1) is 11.6 Å². The van der Waals surface area contributed by atoms with Gasteiger partial charge in [-0.3, -0.25) is 0 Å². The van der Waals surface area contributed by atoms with E-state index in [1.54, 1.807) is 0 Å². The van der Waals surface area contributed by atoms with Gasteiger partial charge < -0.3 is 0 Å². The van der Waals surface area contributed by atoms with Crippen molar-refractivity contribution >= 4 is 21.4 Å². The fraction of sp³-hybridized carbons (Fsp3) is 1.00. The van der Waals surface area contributed by atoms with Crippen molar-refractivity contribution in [2.45, 2.75) is 33.1 Å². The van der Waals surface area contributed by atoms with Crippen LogP contribution < -0.4 is 0 Å². The molecule has 80 valence electrons. The molecule has 0 amide bonds. The molecule has 0 aliphatic carbocycles. The Bertz CT molecular complexity index is 212. The zero-order valence-corrected chi connectivity index (χ0v) is 10.00. The van der Waals surface area contributed by atoms with Crippen LogP contribution in [0.3, 0.4) is 0 Å². The van der Waals surface area contributed by atoms with Crippen molar-refractivity contribution in [2.75, 3.05) is 17.4 Å². The Labute approximate surface area is 86.6 Å². The van der Waals surface area contributed by atoms with Gasteiger partial charge in [0.25, 0.3) is 0 Å². The van der Waals surface area contributed by atoms with Crippen LogP contribution in [0.5, 0.6) is 0 Å². The molecule has 4 heteroatoms. The maximum Gasteiger partial charge on any atom is 0.150 e. The molecule has 0 aromatic heterocycles. The first-order chi connectivity index (χ1) is 6.02. The predicted octanol–water partition coefficient (Wildman–Crippen LogP) is 2.47. The van der Waals surface area contributed by atoms with Gasteiger partial charge in [0.2, 0.25) is 0 Å². The van der Waals surface area contributed by atoms with E-state index in [-0.39, 0.29) is 0 Å². The van der Waals surface area contributed by atoms with Gasteiger partial charge in [0.15, 0.2) is 0 Å². The molecule has 0 N–H and O–H groups in total. The molecule has 0 rings (SSSR count). The summed E-state index contributed by atoms with van der Waals surface area (Å²) in [6.07, 6.45) is 2.37. The number of halogens is 1. The van der Waals surface area contributed by atoms with Gasteiger partial charge in [-0.25, -0.2) is 8.42 Å². The zero-order valence-electron chi connectivity index (χ0n) is 8.42. The van der Waals surface area contributed by atoms with Crippen LogP contribution in [0.25, 0.3) is 0 Å². The van der Waals surface area contributed by atoms with Crippen LogP contribution in [-0.4, -0.2) is 25.8 Å². The normalized spacial score (nSPS) is 14.4. The van der Waals surface area contributed by atoms with Crippen LogP contribution >= 0.6 is 11.6 Å². The molecule has 0 heterocycles. The highest BCUT2D eigenvalue weighted by Gasteiger charge is 2.11. The van der Waals surface area contributed by atoms with Crippen LogP contribution in [0.15, 0.2) is 0 Å². The molecule has 2 nitrogen and oxygen atoms in total. The quantitative estimate of drug-likeness (QED) is 0.625. The molecular weight excluding hydrogens is 208 g/mol. The predicted molar refractivity (Wildman–Crippen MR) is 58.1 cm³/mol. The third-order valence-corrected chi connectivity index (χ3v) is 4.14. The minimum Gasteiger partial charge on any atom is -0.229 e. The Morgan fingerprint density at radius 2 is 1.85 bits per heavy atom. The highest BCUT2D eigenvalue weighted by molar-refractivity contribution is 7.91. The molecule has 0 radical (unpaired) electrons. The standard InChI is InChI=1S/C9H19ClO2S/c1-3-7-13(11,12)8-5-9(2)4-6-10/h9H,3-8H2,1-2H3. The van der Waals surface area contributed by atoms with Crippen LogP contribution in [0.2, 0.25) is 0 Å². The summed E-state index contributed by atoms with van der Waals surface area (Å²) in [4.78, 5) is 0. The average molecular weight is 227 g/mol. The Morgan fingerprint density at radius 1 is 1.23 bits per heavy atom. The monoisotopic (exact) mass is 226 g/mol. The number of rotatable bonds is 7. The fourth-order valence-electron chi connectivity index (χ4n) is 1.12. The van der Waals surface area contributed by atoms with Gasteiger partial charge in [0, 0.05) is 11.6 Å². The molecule has 0 fully saturated rings. The summed E-state index contributed by atoms with van der Waals surface area (Å²) in [7, 11) is -2.79. The van der Waals surface area contributed by atoms with E-state index in [1.165, 1.54) is 0 Å². The van der Waals surface area contributed by atoms with E-state index in [0.29, 0.717) is 29.7 Å². The first-order valence-corrected chi connectivity index (χ1v) is 7.13. The SMILES string of the molecule is CCCS(=O)(=O)CCC(C)CCCl. The first kappa shape index (κ1) is 13.2. The summed E-state index contributed by atoms with van der Waals surface area (Å²) in [6.45, 7) is 3.93. The van der Waals surface area contributed by atoms with Crippen LogP contribution in [0.1, 0.15) is 33.1 Å². The van der Waals surface area contributed by atoms with E-state index in [2.05, 4.69) is 0 Å². The molecule has 13 heavy (non-hydrogen) atoms. The van der Waals surface area contributed by atoms with Crippen molar-refractivity contribution in [2.24, 2.45) is 5.92 Å². The molecule has 1 unspecified atom stereocenters. The Morgan fingerprint density at radius 3 is 2.31 bits per heavy atom. The first-order valence-electron chi connectivity index (χ1n) is 4.78. The Kier molecular flexibility index (Phi) is 6.78. The molecule has 0 aromatic rings. The lowest BCUT2D eigenvalue weighted by Crippen LogP contribution is -2.13. The highest BCUT2D eigenvalue weighted by atomic mass is 35.5. The molecule has 0 aromatic carbocycles. The number of sulfone groups is 1. The van der Waals surface area contributed by atoms with E-state index < -0.39 is 9.84 Å². The minimum atomic E-state index is -2.79. The summed E-state index contributed by atoms with van der Waals surface area (Å²) < 4.78 is 22.6. The van der Waals surface area contributed by atoms with E-state index >= 15 is 0 Å². The van der Waals surface area contributed by atoms with Crippen molar-refractivity contribution in [1.82, 2.24) is 0 Å². The lowest BCUT2D eigenvalue weighted by atomic mass is 10.1. The molecule has 0 saturated carbocycles. The third-order valence-electron chi connectivity index (χ3n) is 2.04. The second-order valence-corrected chi connectivity index (χ2v) is 6.20. The molecule has 0 bridgehead atoms. The number of hydrogen-bond acceptors (Lipinski definition) is 2. The van der Waals surface area contributed by atoms with Crippen molar-refractivity contribution in [3.8, 4) is 0 Å². The summed E-state index contributed by atoms with van der Waals surface area (Å²) in [6, 6.07) is 0. The molecule has 1 atom stereocenters. The summed E-state index contributed by atoms with van der Waals surface area (Å²) in [5.74, 6) is 1.68. The van der Waals surface area contributed by atoms with Crippen LogP contribution in [0.4, 0.5) is 0 Å². The Hall–Kier alpha value is 0.240. The van der Waals surface area contributed by atoms with Crippen molar-refractivity contribution in [1.29, 1.82) is 0 Å². The maximum absolute atomic E-state index is 11.3. The van der Waals surface area contributed by atoms with Gasteiger partial charge in [0.1, 0.15) is 9.84 Å². The maximum atomic E-state index is 11.3. The van der Waals surface area contributed by atoms with Gasteiger partial charge in [-0.1, -0.05) is 13.8 Å². The third kappa shape index (κ3) is 7.32. The summed E-state index contributed by atoms with van der Waals surface area (Å²) >= 11 is 5.56. The molecule has 0 aliphatic heterocycles. The second kappa shape index (κ2) is 6.66. The number of alkyl halides is 1. The second-order valence-electron chi connectivity index (χ2n) is 3.52. The summed E-state index contributed by atoms with van der Waals surface area (Å²) in [5.41, 5.74) is 0. The van der Waals surface area contributed by atoms with Crippen molar-refractivity contribution < 1.29 is 8.42 Å². The van der Waals surface area contributed by atoms with E-state index in [4.69, 9.17) is 11.6 Å². The fourth-order valence-corrected chi connectivity index (χ4v) is 3.08. The molecule has 0 aliphatic rings. The Balaban J connectivity index is 3.74. The van der Waals surface area contributed by atoms with E-state index in [9.17, 15) is 8.42 Å². The van der Waals surface area contributed by atoms with E-state index in [0.717, 1.165) is 12.8 Å². The zero-order chi connectivity index (χ0) is 10.3. The van der Waals surface area contributed by atoms with Gasteiger partial charge >= 0.3 is 0 Å². The van der Waals surface area contributed by atoms with E-state index in [1.807, 2.05) is 13.8 Å². The average Bonchev–Trinajstić information content (AvgIpc) is 2.02. The van der Waals surface area contributed by atoms with Gasteiger partial charge in [0.05, 0.1) is 5.75 Å². The molecule has 0 spiro atoms. The highest BCUT2D eigenvalue weighted by Crippen LogP contribution is 2.10. The minimum absolute atomic E-state index is 0.318. The largest absolute Gasteiger partial charge is 0.229 e. The van der Waals surface area contributed by atoms with Gasteiger partial charge in [-0.05, 0) is 25.2 Å². The topological polar surface area (TPSA) is 34.1 Å². The lowest BCUT2D eigenvalue weighted by molar-refractivity contribution is 0.534. The molecule has 0 saturated heterocycles. The van der Waals surface area contributed by atoms with Crippen LogP contribution in [0, 0.1) is 5.92 Å². The number of hydrogen-bond donors (Lipinski definition) is 0. The van der Waals surface area contributed by atoms with Gasteiger partial charge in [-0.2, -0.15) is 0 Å². The molecular formula is C9H19ClO2S. The van der Waals surface area contributed by atoms with Crippen LogP contribution in [-0.2, 0) is 9.84 Å². The van der Waals surface area contributed by atoms with Crippen molar-refractivity contribution in [3.05, 3.63) is 0 Å².